The van der Waals surface area contributed by atoms with Crippen molar-refractivity contribution in [1.82, 2.24) is 10.2 Å². The summed E-state index contributed by atoms with van der Waals surface area (Å²) in [6.07, 6.45) is 1.92. The number of likely N-dealkylation sites (tertiary alicyclic amines) is 1. The number of carbonyl (C=O) groups excluding carboxylic acids is 3. The molecule has 3 rings (SSSR count). The number of aryl methyl sites for hydroxylation is 1. The molecular weight excluding hydrogens is 400 g/mol. The zero-order valence-corrected chi connectivity index (χ0v) is 17.4. The third-order valence-electron chi connectivity index (χ3n) is 5.20. The molecule has 1 heterocycles. The Kier molecular flexibility index (Phi) is 6.64. The number of nitrogens with zero attached hydrogens (tertiary/aromatic N) is 2. The van der Waals surface area contributed by atoms with Gasteiger partial charge < -0.3 is 15.5 Å². The molecule has 0 bridgehead atoms. The van der Waals surface area contributed by atoms with Gasteiger partial charge in [-0.2, -0.15) is 0 Å². The molecule has 2 N–H and O–H groups in total. The van der Waals surface area contributed by atoms with Gasteiger partial charge in [0.15, 0.2) is 0 Å². The van der Waals surface area contributed by atoms with Crippen molar-refractivity contribution >= 4 is 29.1 Å². The summed E-state index contributed by atoms with van der Waals surface area (Å²) in [7, 11) is 0. The lowest BCUT2D eigenvalue weighted by molar-refractivity contribution is -0.384. The summed E-state index contributed by atoms with van der Waals surface area (Å²) in [4.78, 5) is 50.1. The first-order valence-electron chi connectivity index (χ1n) is 10.0. The Morgan fingerprint density at radius 3 is 2.45 bits per heavy atom. The van der Waals surface area contributed by atoms with Gasteiger partial charge in [0.05, 0.1) is 16.2 Å². The van der Waals surface area contributed by atoms with Crippen molar-refractivity contribution in [3.8, 4) is 0 Å². The summed E-state index contributed by atoms with van der Waals surface area (Å²) in [5.41, 5.74) is 1.44. The number of rotatable bonds is 6. The van der Waals surface area contributed by atoms with Crippen LogP contribution in [0, 0.1) is 17.0 Å². The van der Waals surface area contributed by atoms with Gasteiger partial charge in [-0.15, -0.1) is 0 Å². The van der Waals surface area contributed by atoms with Crippen molar-refractivity contribution in [1.29, 1.82) is 0 Å². The normalized spacial score (nSPS) is 14.1. The number of amides is 3. The molecule has 1 aliphatic heterocycles. The first-order chi connectivity index (χ1) is 14.8. The van der Waals surface area contributed by atoms with E-state index in [0.29, 0.717) is 24.3 Å². The zero-order valence-electron chi connectivity index (χ0n) is 17.4. The summed E-state index contributed by atoms with van der Waals surface area (Å²) in [6, 6.07) is 9.55. The van der Waals surface area contributed by atoms with Gasteiger partial charge in [-0.25, -0.2) is 0 Å². The molecule has 0 spiro atoms. The van der Waals surface area contributed by atoms with Crippen molar-refractivity contribution in [2.75, 3.05) is 18.4 Å². The van der Waals surface area contributed by atoms with Gasteiger partial charge in [-0.3, -0.25) is 24.5 Å². The number of hydrogen-bond donors (Lipinski definition) is 2. The highest BCUT2D eigenvalue weighted by Gasteiger charge is 2.25. The number of anilines is 1. The molecule has 162 valence electrons. The Balaban J connectivity index is 1.72. The van der Waals surface area contributed by atoms with Gasteiger partial charge >= 0.3 is 0 Å². The standard InChI is InChI=1S/C22H24N4O5/c1-14-7-5-10-18(19(14)22(29)25-11-3-4-12-25)24-20(27)15(2)23-21(28)16-8-6-9-17(13-16)26(30)31/h5-10,13,15H,3-4,11-12H2,1-2H3,(H,23,28)(H,24,27). The van der Waals surface area contributed by atoms with E-state index in [0.717, 1.165) is 24.5 Å². The highest BCUT2D eigenvalue weighted by atomic mass is 16.6. The lowest BCUT2D eigenvalue weighted by Crippen LogP contribution is -2.42. The number of non-ortho nitro benzene ring substituents is 1. The van der Waals surface area contributed by atoms with Crippen LogP contribution in [-0.4, -0.2) is 46.7 Å². The molecule has 1 unspecified atom stereocenters. The third-order valence-corrected chi connectivity index (χ3v) is 5.20. The van der Waals surface area contributed by atoms with Crippen molar-refractivity contribution in [3.63, 3.8) is 0 Å². The van der Waals surface area contributed by atoms with E-state index >= 15 is 0 Å². The monoisotopic (exact) mass is 424 g/mol. The summed E-state index contributed by atoms with van der Waals surface area (Å²) in [6.45, 7) is 4.70. The zero-order chi connectivity index (χ0) is 22.5. The number of nitro benzene ring substituents is 1. The lowest BCUT2D eigenvalue weighted by atomic mass is 10.0. The molecule has 9 nitrogen and oxygen atoms in total. The average molecular weight is 424 g/mol. The van der Waals surface area contributed by atoms with Crippen LogP contribution in [0.3, 0.4) is 0 Å². The van der Waals surface area contributed by atoms with Crippen LogP contribution < -0.4 is 10.6 Å². The summed E-state index contributed by atoms with van der Waals surface area (Å²) >= 11 is 0. The Hall–Kier alpha value is -3.75. The number of nitrogens with one attached hydrogen (secondary N) is 2. The molecule has 9 heteroatoms. The van der Waals surface area contributed by atoms with E-state index in [-0.39, 0.29) is 17.2 Å². The van der Waals surface area contributed by atoms with E-state index in [1.54, 1.807) is 17.0 Å². The van der Waals surface area contributed by atoms with Crippen LogP contribution >= 0.6 is 0 Å². The SMILES string of the molecule is Cc1cccc(NC(=O)C(C)NC(=O)c2cccc([N+](=O)[O-])c2)c1C(=O)N1CCCC1. The van der Waals surface area contributed by atoms with Crippen LogP contribution in [0.1, 0.15) is 46.0 Å². The second kappa shape index (κ2) is 9.38. The second-order valence-corrected chi connectivity index (χ2v) is 7.49. The van der Waals surface area contributed by atoms with E-state index in [4.69, 9.17) is 0 Å². The first-order valence-corrected chi connectivity index (χ1v) is 10.0. The van der Waals surface area contributed by atoms with Crippen LogP contribution in [0.4, 0.5) is 11.4 Å². The molecule has 3 amide bonds. The quantitative estimate of drug-likeness (QED) is 0.545. The molecule has 0 saturated carbocycles. The Bertz CT molecular complexity index is 1030. The highest BCUT2D eigenvalue weighted by Crippen LogP contribution is 2.24. The smallest absolute Gasteiger partial charge is 0.270 e. The highest BCUT2D eigenvalue weighted by molar-refractivity contribution is 6.07. The number of nitro groups is 1. The van der Waals surface area contributed by atoms with Crippen LogP contribution in [-0.2, 0) is 4.79 Å². The summed E-state index contributed by atoms with van der Waals surface area (Å²) in [5.74, 6) is -1.23. The average Bonchev–Trinajstić information content (AvgIpc) is 3.28. The molecule has 1 fully saturated rings. The maximum atomic E-state index is 12.9. The molecule has 1 saturated heterocycles. The van der Waals surface area contributed by atoms with Crippen LogP contribution in [0.25, 0.3) is 0 Å². The second-order valence-electron chi connectivity index (χ2n) is 7.49. The van der Waals surface area contributed by atoms with Crippen molar-refractivity contribution in [3.05, 3.63) is 69.3 Å². The van der Waals surface area contributed by atoms with Gasteiger partial charge in [-0.1, -0.05) is 18.2 Å². The maximum absolute atomic E-state index is 12.9. The minimum Gasteiger partial charge on any atom is -0.341 e. The maximum Gasteiger partial charge on any atom is 0.270 e. The van der Waals surface area contributed by atoms with E-state index in [9.17, 15) is 24.5 Å². The van der Waals surface area contributed by atoms with Gasteiger partial charge in [0.2, 0.25) is 5.91 Å². The topological polar surface area (TPSA) is 122 Å². The Morgan fingerprint density at radius 2 is 1.77 bits per heavy atom. The molecule has 2 aromatic carbocycles. The molecule has 0 aliphatic carbocycles. The fourth-order valence-corrected chi connectivity index (χ4v) is 3.48. The summed E-state index contributed by atoms with van der Waals surface area (Å²) < 4.78 is 0. The van der Waals surface area contributed by atoms with Gasteiger partial charge in [0.25, 0.3) is 17.5 Å². The number of benzene rings is 2. The molecule has 31 heavy (non-hydrogen) atoms. The first kappa shape index (κ1) is 21.9. The lowest BCUT2D eigenvalue weighted by Gasteiger charge is -2.21. The molecule has 2 aromatic rings. The van der Waals surface area contributed by atoms with Gasteiger partial charge in [0, 0.05) is 30.8 Å². The summed E-state index contributed by atoms with van der Waals surface area (Å²) in [5, 5.41) is 16.2. The molecule has 0 radical (unpaired) electrons. The van der Waals surface area contributed by atoms with Crippen molar-refractivity contribution in [2.45, 2.75) is 32.7 Å². The van der Waals surface area contributed by atoms with E-state index in [1.165, 1.54) is 25.1 Å². The van der Waals surface area contributed by atoms with Gasteiger partial charge in [0.1, 0.15) is 6.04 Å². The largest absolute Gasteiger partial charge is 0.341 e. The predicted octanol–water partition coefficient (Wildman–Crippen LogP) is 2.90. The van der Waals surface area contributed by atoms with E-state index in [1.807, 2.05) is 13.0 Å². The van der Waals surface area contributed by atoms with Crippen molar-refractivity contribution < 1.29 is 19.3 Å². The third kappa shape index (κ3) is 5.06. The predicted molar refractivity (Wildman–Crippen MR) is 115 cm³/mol. The minimum atomic E-state index is -0.929. The molecule has 1 aliphatic rings. The molecule has 0 aromatic heterocycles. The number of hydrogen-bond acceptors (Lipinski definition) is 5. The minimum absolute atomic E-state index is 0.0781. The fraction of sp³-hybridized carbons (Fsp3) is 0.318. The Labute approximate surface area is 179 Å². The fourth-order valence-electron chi connectivity index (χ4n) is 3.48. The van der Waals surface area contributed by atoms with E-state index in [2.05, 4.69) is 10.6 Å². The van der Waals surface area contributed by atoms with Crippen LogP contribution in [0.15, 0.2) is 42.5 Å². The Morgan fingerprint density at radius 1 is 1.10 bits per heavy atom. The van der Waals surface area contributed by atoms with Crippen molar-refractivity contribution in [2.24, 2.45) is 0 Å². The molecular formula is C22H24N4O5. The van der Waals surface area contributed by atoms with Crippen LogP contribution in [0.5, 0.6) is 0 Å². The molecule has 1 atom stereocenters. The van der Waals surface area contributed by atoms with Gasteiger partial charge in [-0.05, 0) is 44.4 Å². The number of carbonyl (C=O) groups is 3. The van der Waals surface area contributed by atoms with Crippen LogP contribution in [0.2, 0.25) is 0 Å². The van der Waals surface area contributed by atoms with E-state index < -0.39 is 22.8 Å².